The Morgan fingerprint density at radius 1 is 1.52 bits per heavy atom. The van der Waals surface area contributed by atoms with Crippen LogP contribution in [0.3, 0.4) is 0 Å². The summed E-state index contributed by atoms with van der Waals surface area (Å²) in [4.78, 5) is 25.1. The zero-order valence-corrected chi connectivity index (χ0v) is 11.3. The van der Waals surface area contributed by atoms with E-state index < -0.39 is 23.6 Å². The van der Waals surface area contributed by atoms with Gasteiger partial charge >= 0.3 is 5.69 Å². The molecule has 1 aliphatic heterocycles. The molecule has 0 aliphatic carbocycles. The van der Waals surface area contributed by atoms with Crippen LogP contribution in [0.4, 0.5) is 0 Å². The van der Waals surface area contributed by atoms with Crippen LogP contribution in [0.25, 0.3) is 0 Å². The lowest BCUT2D eigenvalue weighted by Crippen LogP contribution is -2.31. The Balaban J connectivity index is 1.92. The summed E-state index contributed by atoms with van der Waals surface area (Å²) < 4.78 is 8.69. The highest BCUT2D eigenvalue weighted by molar-refractivity contribution is 4.96. The second kappa shape index (κ2) is 5.26. The van der Waals surface area contributed by atoms with Crippen LogP contribution in [0.15, 0.2) is 28.0 Å². The molecule has 1 fully saturated rings. The predicted octanol–water partition coefficient (Wildman–Crippen LogP) is -1.04. The van der Waals surface area contributed by atoms with Crippen LogP contribution < -0.4 is 11.2 Å². The lowest BCUT2D eigenvalue weighted by Gasteiger charge is -2.16. The highest BCUT2D eigenvalue weighted by Crippen LogP contribution is 2.35. The van der Waals surface area contributed by atoms with Crippen LogP contribution in [-0.2, 0) is 4.74 Å². The van der Waals surface area contributed by atoms with E-state index in [0.717, 1.165) is 5.69 Å². The van der Waals surface area contributed by atoms with Gasteiger partial charge in [-0.15, -0.1) is 5.10 Å². The van der Waals surface area contributed by atoms with Crippen molar-refractivity contribution >= 4 is 0 Å². The third-order valence-electron chi connectivity index (χ3n) is 3.61. The number of aliphatic hydroxyl groups excluding tert-OH is 1. The Morgan fingerprint density at radius 3 is 2.95 bits per heavy atom. The van der Waals surface area contributed by atoms with Crippen molar-refractivity contribution in [3.05, 3.63) is 45.0 Å². The van der Waals surface area contributed by atoms with Gasteiger partial charge in [0.25, 0.3) is 5.56 Å². The molecular formula is C12H15N5O4. The molecule has 9 nitrogen and oxygen atoms in total. The van der Waals surface area contributed by atoms with Crippen molar-refractivity contribution in [2.75, 3.05) is 6.61 Å². The molecule has 9 heteroatoms. The van der Waals surface area contributed by atoms with Crippen LogP contribution in [-0.4, -0.2) is 42.4 Å². The number of aliphatic hydroxyl groups is 1. The van der Waals surface area contributed by atoms with Gasteiger partial charge in [-0.2, -0.15) is 0 Å². The van der Waals surface area contributed by atoms with Gasteiger partial charge in [0.1, 0.15) is 12.3 Å². The number of nitrogens with one attached hydrogen (secondary N) is 1. The Kier molecular flexibility index (Phi) is 3.43. The summed E-state index contributed by atoms with van der Waals surface area (Å²) in [5.74, 6) is 0. The largest absolute Gasteiger partial charge is 0.394 e. The quantitative estimate of drug-likeness (QED) is 0.746. The number of aromatic nitrogens is 5. The van der Waals surface area contributed by atoms with Gasteiger partial charge in [0.05, 0.1) is 24.5 Å². The van der Waals surface area contributed by atoms with Crippen molar-refractivity contribution in [3.63, 3.8) is 0 Å². The maximum atomic E-state index is 11.8. The first-order chi connectivity index (χ1) is 10.1. The minimum atomic E-state index is -0.569. The molecule has 3 atom stereocenters. The van der Waals surface area contributed by atoms with Crippen LogP contribution in [0.5, 0.6) is 0 Å². The van der Waals surface area contributed by atoms with E-state index in [2.05, 4.69) is 15.3 Å². The molecule has 0 saturated carbocycles. The molecule has 3 heterocycles. The summed E-state index contributed by atoms with van der Waals surface area (Å²) in [5, 5.41) is 17.3. The molecule has 112 valence electrons. The molecule has 2 N–H and O–H groups in total. The molecule has 0 aromatic carbocycles. The number of aryl methyl sites for hydroxylation is 1. The average Bonchev–Trinajstić information content (AvgIpc) is 3.04. The normalized spacial score (nSPS) is 25.3. The lowest BCUT2D eigenvalue weighted by molar-refractivity contribution is -0.0324. The highest BCUT2D eigenvalue weighted by Gasteiger charge is 2.38. The zero-order chi connectivity index (χ0) is 15.0. The van der Waals surface area contributed by atoms with Gasteiger partial charge in [0.2, 0.25) is 0 Å². The fourth-order valence-electron chi connectivity index (χ4n) is 2.58. The van der Waals surface area contributed by atoms with Gasteiger partial charge in [-0.3, -0.25) is 14.3 Å². The first-order valence-electron chi connectivity index (χ1n) is 6.54. The number of rotatable bonds is 3. The molecule has 21 heavy (non-hydrogen) atoms. The van der Waals surface area contributed by atoms with Crippen LogP contribution >= 0.6 is 0 Å². The third-order valence-corrected chi connectivity index (χ3v) is 3.61. The topological polar surface area (TPSA) is 115 Å². The maximum Gasteiger partial charge on any atom is 0.330 e. The van der Waals surface area contributed by atoms with E-state index in [1.165, 1.54) is 16.8 Å². The van der Waals surface area contributed by atoms with Gasteiger partial charge in [-0.1, -0.05) is 5.21 Å². The molecule has 1 saturated heterocycles. The third kappa shape index (κ3) is 2.41. The second-order valence-electron chi connectivity index (χ2n) is 4.95. The molecule has 0 spiro atoms. The lowest BCUT2D eigenvalue weighted by atomic mass is 10.1. The first kappa shape index (κ1) is 13.7. The number of hydrogen-bond acceptors (Lipinski definition) is 6. The van der Waals surface area contributed by atoms with Crippen molar-refractivity contribution in [3.8, 4) is 0 Å². The molecule has 1 aliphatic rings. The molecule has 3 rings (SSSR count). The van der Waals surface area contributed by atoms with Crippen LogP contribution in [0.2, 0.25) is 0 Å². The summed E-state index contributed by atoms with van der Waals surface area (Å²) in [6.07, 6.45) is 2.39. The van der Waals surface area contributed by atoms with E-state index in [-0.39, 0.29) is 12.6 Å². The van der Waals surface area contributed by atoms with E-state index in [9.17, 15) is 14.7 Å². The molecule has 3 unspecified atom stereocenters. The number of ether oxygens (including phenoxy) is 1. The standard InChI is InChI=1S/C12H15N5O4/c1-7-5-13-15-17(7)8-4-11(21-9(8)6-18)16-3-2-10(19)14-12(16)20/h2-3,5,8-9,11,18H,4,6H2,1H3,(H,14,19,20). The smallest absolute Gasteiger partial charge is 0.330 e. The average molecular weight is 293 g/mol. The van der Waals surface area contributed by atoms with E-state index in [1.54, 1.807) is 10.9 Å². The molecule has 0 bridgehead atoms. The van der Waals surface area contributed by atoms with Crippen LogP contribution in [0, 0.1) is 6.92 Å². The van der Waals surface area contributed by atoms with Gasteiger partial charge in [-0.05, 0) is 6.92 Å². The molecule has 0 radical (unpaired) electrons. The van der Waals surface area contributed by atoms with Gasteiger partial charge in [-0.25, -0.2) is 9.48 Å². The summed E-state index contributed by atoms with van der Waals surface area (Å²) >= 11 is 0. The number of nitrogens with zero attached hydrogens (tertiary/aromatic N) is 4. The summed E-state index contributed by atoms with van der Waals surface area (Å²) in [6, 6.07) is 1.04. The predicted molar refractivity (Wildman–Crippen MR) is 70.7 cm³/mol. The second-order valence-corrected chi connectivity index (χ2v) is 4.95. The molecule has 0 amide bonds. The van der Waals surface area contributed by atoms with E-state index in [1.807, 2.05) is 6.92 Å². The van der Waals surface area contributed by atoms with Crippen molar-refractivity contribution in [1.29, 1.82) is 0 Å². The van der Waals surface area contributed by atoms with E-state index in [0.29, 0.717) is 6.42 Å². The minimum Gasteiger partial charge on any atom is -0.394 e. The monoisotopic (exact) mass is 293 g/mol. The Bertz CT molecular complexity index is 748. The number of hydrogen-bond donors (Lipinski definition) is 2. The highest BCUT2D eigenvalue weighted by atomic mass is 16.5. The van der Waals surface area contributed by atoms with Crippen molar-refractivity contribution in [2.24, 2.45) is 0 Å². The Hall–Kier alpha value is -2.26. The summed E-state index contributed by atoms with van der Waals surface area (Å²) in [5.41, 5.74) is -0.159. The zero-order valence-electron chi connectivity index (χ0n) is 11.3. The van der Waals surface area contributed by atoms with Crippen LogP contribution in [0.1, 0.15) is 24.4 Å². The molecular weight excluding hydrogens is 278 g/mol. The fraction of sp³-hybridized carbons (Fsp3) is 0.500. The number of aromatic amines is 1. The first-order valence-corrected chi connectivity index (χ1v) is 6.54. The molecule has 2 aromatic heterocycles. The summed E-state index contributed by atoms with van der Waals surface area (Å²) in [7, 11) is 0. The van der Waals surface area contributed by atoms with Gasteiger partial charge in [0, 0.05) is 18.7 Å². The number of H-pyrrole nitrogens is 1. The minimum absolute atomic E-state index is 0.196. The van der Waals surface area contributed by atoms with Crippen molar-refractivity contribution < 1.29 is 9.84 Å². The summed E-state index contributed by atoms with van der Waals surface area (Å²) in [6.45, 7) is 1.66. The van der Waals surface area contributed by atoms with Crippen molar-refractivity contribution in [1.82, 2.24) is 24.5 Å². The fourth-order valence-corrected chi connectivity index (χ4v) is 2.58. The Morgan fingerprint density at radius 2 is 2.33 bits per heavy atom. The van der Waals surface area contributed by atoms with Crippen molar-refractivity contribution in [2.45, 2.75) is 31.7 Å². The van der Waals surface area contributed by atoms with Gasteiger partial charge < -0.3 is 9.84 Å². The van der Waals surface area contributed by atoms with Gasteiger partial charge in [0.15, 0.2) is 0 Å². The maximum absolute atomic E-state index is 11.8. The Labute approximate surface area is 118 Å². The molecule has 2 aromatic rings. The SMILES string of the molecule is Cc1cnnn1C1CC(n2ccc(=O)[nH]c2=O)OC1CO. The van der Waals surface area contributed by atoms with E-state index in [4.69, 9.17) is 4.74 Å². The van der Waals surface area contributed by atoms with E-state index >= 15 is 0 Å².